The average molecular weight is 315 g/mol. The van der Waals surface area contributed by atoms with Crippen LogP contribution in [0, 0.1) is 0 Å². The zero-order valence-electron chi connectivity index (χ0n) is 11.7. The molecule has 2 unspecified atom stereocenters. The Kier molecular flexibility index (Phi) is 3.51. The second kappa shape index (κ2) is 5.12. The summed E-state index contributed by atoms with van der Waals surface area (Å²) >= 11 is 0. The van der Waals surface area contributed by atoms with Crippen LogP contribution >= 0.6 is 0 Å². The lowest BCUT2D eigenvalue weighted by molar-refractivity contribution is -0.137. The van der Waals surface area contributed by atoms with Gasteiger partial charge in [-0.1, -0.05) is 0 Å². The van der Waals surface area contributed by atoms with Gasteiger partial charge in [0.05, 0.1) is 11.1 Å². The molecule has 2 atom stereocenters. The highest BCUT2D eigenvalue weighted by atomic mass is 19.4. The van der Waals surface area contributed by atoms with E-state index in [0.717, 1.165) is 32.2 Å². The maximum Gasteiger partial charge on any atom is 0.417 e. The molecule has 1 aromatic rings. The summed E-state index contributed by atoms with van der Waals surface area (Å²) in [7, 11) is 0. The Morgan fingerprint density at radius 1 is 1.36 bits per heavy atom. The molecule has 1 aliphatic carbocycles. The molecule has 0 spiro atoms. The predicted octanol–water partition coefficient (Wildman–Crippen LogP) is 1.41. The number of rotatable bonds is 2. The first-order chi connectivity index (χ1) is 10.3. The minimum absolute atomic E-state index is 0.126. The van der Waals surface area contributed by atoms with Crippen molar-refractivity contribution in [2.24, 2.45) is 0 Å². The molecular weight excluding hydrogens is 299 g/mol. The number of amides is 1. The number of H-pyrrole nitrogens is 1. The Morgan fingerprint density at radius 3 is 2.86 bits per heavy atom. The molecule has 5 nitrogen and oxygen atoms in total. The van der Waals surface area contributed by atoms with Crippen LogP contribution in [0.4, 0.5) is 13.2 Å². The molecule has 1 aromatic heterocycles. The fraction of sp³-hybridized carbons (Fsp3) is 0.571. The fourth-order valence-corrected chi connectivity index (χ4v) is 3.46. The van der Waals surface area contributed by atoms with E-state index in [2.05, 4.69) is 10.6 Å². The minimum atomic E-state index is -4.61. The summed E-state index contributed by atoms with van der Waals surface area (Å²) in [6.07, 6.45) is -0.682. The summed E-state index contributed by atoms with van der Waals surface area (Å²) in [5.41, 5.74) is -2.80. The number of nitrogens with one attached hydrogen (secondary N) is 3. The molecule has 22 heavy (non-hydrogen) atoms. The highest BCUT2D eigenvalue weighted by Crippen LogP contribution is 2.36. The van der Waals surface area contributed by atoms with Crippen LogP contribution < -0.4 is 16.2 Å². The van der Waals surface area contributed by atoms with Crippen molar-refractivity contribution in [3.8, 4) is 0 Å². The van der Waals surface area contributed by atoms with E-state index in [9.17, 15) is 22.8 Å². The smallest absolute Gasteiger partial charge is 0.345 e. The van der Waals surface area contributed by atoms with Gasteiger partial charge in [-0.2, -0.15) is 13.2 Å². The first-order valence-corrected chi connectivity index (χ1v) is 7.18. The normalized spacial score (nSPS) is 27.7. The van der Waals surface area contributed by atoms with Crippen LogP contribution in [-0.4, -0.2) is 29.0 Å². The van der Waals surface area contributed by atoms with Crippen LogP contribution in [0.5, 0.6) is 0 Å². The molecule has 1 amide bonds. The molecular formula is C14H16F3N3O2. The molecule has 120 valence electrons. The molecule has 1 aliphatic heterocycles. The van der Waals surface area contributed by atoms with E-state index in [1.165, 1.54) is 0 Å². The number of fused-ring (bicyclic) bond motifs is 1. The summed E-state index contributed by atoms with van der Waals surface area (Å²) in [6.45, 7) is 0.754. The number of hydrogen-bond acceptors (Lipinski definition) is 3. The standard InChI is InChI=1S/C14H16F3N3O2/c15-14(16,17)8-6-9(11(21)19-7-8)12(22)20-13-3-1-2-10(13)18-5-4-13/h6-7,10,18H,1-5H2,(H,19,21)(H,20,22). The van der Waals surface area contributed by atoms with Crippen molar-refractivity contribution in [1.29, 1.82) is 0 Å². The largest absolute Gasteiger partial charge is 0.417 e. The number of aromatic nitrogens is 1. The topological polar surface area (TPSA) is 74.0 Å². The third-order valence-electron chi connectivity index (χ3n) is 4.58. The Balaban J connectivity index is 1.88. The predicted molar refractivity (Wildman–Crippen MR) is 72.5 cm³/mol. The van der Waals surface area contributed by atoms with Gasteiger partial charge in [0, 0.05) is 12.2 Å². The van der Waals surface area contributed by atoms with E-state index >= 15 is 0 Å². The zero-order chi connectivity index (χ0) is 16.0. The minimum Gasteiger partial charge on any atom is -0.345 e. The molecule has 2 fully saturated rings. The first kappa shape index (κ1) is 15.1. The molecule has 0 bridgehead atoms. The fourth-order valence-electron chi connectivity index (χ4n) is 3.46. The number of carbonyl (C=O) groups excluding carboxylic acids is 1. The van der Waals surface area contributed by atoms with Crippen LogP contribution in [0.15, 0.2) is 17.1 Å². The number of halogens is 3. The summed E-state index contributed by atoms with van der Waals surface area (Å²) in [4.78, 5) is 26.0. The van der Waals surface area contributed by atoms with Crippen LogP contribution in [-0.2, 0) is 6.18 Å². The van der Waals surface area contributed by atoms with Gasteiger partial charge in [0.1, 0.15) is 5.56 Å². The molecule has 1 saturated carbocycles. The zero-order valence-corrected chi connectivity index (χ0v) is 11.7. The summed E-state index contributed by atoms with van der Waals surface area (Å²) < 4.78 is 38.2. The Morgan fingerprint density at radius 2 is 2.14 bits per heavy atom. The molecule has 2 heterocycles. The van der Waals surface area contributed by atoms with Gasteiger partial charge >= 0.3 is 6.18 Å². The second-order valence-electron chi connectivity index (χ2n) is 5.89. The Bertz CT molecular complexity index is 643. The number of alkyl halides is 3. The lowest BCUT2D eigenvalue weighted by Crippen LogP contribution is -2.53. The van der Waals surface area contributed by atoms with Gasteiger partial charge < -0.3 is 15.6 Å². The van der Waals surface area contributed by atoms with Crippen LogP contribution in [0.1, 0.15) is 41.6 Å². The highest BCUT2D eigenvalue weighted by Gasteiger charge is 2.47. The summed E-state index contributed by atoms with van der Waals surface area (Å²) in [5, 5.41) is 6.09. The van der Waals surface area contributed by atoms with Crippen molar-refractivity contribution in [2.75, 3.05) is 6.54 Å². The molecule has 8 heteroatoms. The lowest BCUT2D eigenvalue weighted by atomic mass is 9.92. The maximum atomic E-state index is 12.7. The second-order valence-corrected chi connectivity index (χ2v) is 5.89. The Hall–Kier alpha value is -1.83. The molecule has 0 radical (unpaired) electrons. The van der Waals surface area contributed by atoms with Crippen LogP contribution in [0.2, 0.25) is 0 Å². The molecule has 3 rings (SSSR count). The molecule has 1 saturated heterocycles. The van der Waals surface area contributed by atoms with E-state index < -0.39 is 34.3 Å². The maximum absolute atomic E-state index is 12.7. The van der Waals surface area contributed by atoms with Gasteiger partial charge in [0.2, 0.25) is 0 Å². The van der Waals surface area contributed by atoms with Crippen molar-refractivity contribution in [1.82, 2.24) is 15.6 Å². The van der Waals surface area contributed by atoms with Crippen LogP contribution in [0.25, 0.3) is 0 Å². The van der Waals surface area contributed by atoms with Crippen molar-refractivity contribution in [3.63, 3.8) is 0 Å². The third-order valence-corrected chi connectivity index (χ3v) is 4.58. The molecule has 3 N–H and O–H groups in total. The van der Waals surface area contributed by atoms with Gasteiger partial charge in [-0.15, -0.1) is 0 Å². The summed E-state index contributed by atoms with van der Waals surface area (Å²) in [5.74, 6) is -0.747. The Labute approximate surface area is 124 Å². The van der Waals surface area contributed by atoms with E-state index in [4.69, 9.17) is 0 Å². The number of hydrogen-bond donors (Lipinski definition) is 3. The number of pyridine rings is 1. The van der Waals surface area contributed by atoms with Crippen molar-refractivity contribution >= 4 is 5.91 Å². The van der Waals surface area contributed by atoms with Gasteiger partial charge in [-0.3, -0.25) is 9.59 Å². The summed E-state index contributed by atoms with van der Waals surface area (Å²) in [6, 6.07) is 0.735. The van der Waals surface area contributed by atoms with Crippen molar-refractivity contribution in [2.45, 2.75) is 43.4 Å². The van der Waals surface area contributed by atoms with Crippen molar-refractivity contribution < 1.29 is 18.0 Å². The number of aromatic amines is 1. The average Bonchev–Trinajstić information content (AvgIpc) is 2.96. The SMILES string of the molecule is O=C(NC12CCCC1NCC2)c1cc(C(F)(F)F)c[nH]c1=O. The molecule has 0 aromatic carbocycles. The highest BCUT2D eigenvalue weighted by molar-refractivity contribution is 5.94. The van der Waals surface area contributed by atoms with Crippen LogP contribution in [0.3, 0.4) is 0 Å². The third kappa shape index (κ3) is 2.51. The number of carbonyl (C=O) groups is 1. The quantitative estimate of drug-likeness (QED) is 0.772. The van der Waals surface area contributed by atoms with E-state index in [0.29, 0.717) is 12.3 Å². The monoisotopic (exact) mass is 315 g/mol. The van der Waals surface area contributed by atoms with Gasteiger partial charge in [-0.05, 0) is 38.3 Å². The molecule has 2 aliphatic rings. The van der Waals surface area contributed by atoms with Crippen molar-refractivity contribution in [3.05, 3.63) is 33.7 Å². The van der Waals surface area contributed by atoms with Gasteiger partial charge in [0.25, 0.3) is 11.5 Å². The van der Waals surface area contributed by atoms with E-state index in [1.54, 1.807) is 0 Å². The first-order valence-electron chi connectivity index (χ1n) is 7.18. The van der Waals surface area contributed by atoms with Gasteiger partial charge in [0.15, 0.2) is 0 Å². The van der Waals surface area contributed by atoms with E-state index in [1.807, 2.05) is 4.98 Å². The lowest BCUT2D eigenvalue weighted by Gasteiger charge is -2.30. The van der Waals surface area contributed by atoms with E-state index in [-0.39, 0.29) is 6.04 Å². The van der Waals surface area contributed by atoms with Gasteiger partial charge in [-0.25, -0.2) is 0 Å².